The molecule has 3 N–H and O–H groups in total. The fourth-order valence-corrected chi connectivity index (χ4v) is 2.38. The molecule has 0 aliphatic carbocycles. The summed E-state index contributed by atoms with van der Waals surface area (Å²) in [4.78, 5) is 14.1. The highest BCUT2D eigenvalue weighted by Crippen LogP contribution is 2.28. The molecule has 1 fully saturated rings. The number of benzene rings is 1. The molecule has 0 unspecified atom stereocenters. The van der Waals surface area contributed by atoms with Gasteiger partial charge in [0.15, 0.2) is 0 Å². The highest BCUT2D eigenvalue weighted by molar-refractivity contribution is 6.02. The number of rotatable bonds is 3. The molecule has 1 atom stereocenters. The summed E-state index contributed by atoms with van der Waals surface area (Å²) in [7, 11) is 1.51. The van der Waals surface area contributed by atoms with Crippen molar-refractivity contribution in [3.8, 4) is 5.75 Å². The number of nitrogen functional groups attached to an aromatic ring is 1. The van der Waals surface area contributed by atoms with E-state index in [2.05, 4.69) is 0 Å². The van der Waals surface area contributed by atoms with Crippen molar-refractivity contribution in [2.24, 2.45) is 0 Å². The van der Waals surface area contributed by atoms with Crippen LogP contribution in [0.15, 0.2) is 18.2 Å². The molecule has 1 aromatic carbocycles. The average Bonchev–Trinajstić information content (AvgIpc) is 2.85. The smallest absolute Gasteiger partial charge is 0.260 e. The van der Waals surface area contributed by atoms with Gasteiger partial charge in [-0.1, -0.05) is 6.07 Å². The second-order valence-electron chi connectivity index (χ2n) is 4.40. The predicted molar refractivity (Wildman–Crippen MR) is 68.6 cm³/mol. The molecule has 98 valence electrons. The molecule has 1 heterocycles. The van der Waals surface area contributed by atoms with Crippen LogP contribution in [0.3, 0.4) is 0 Å². The van der Waals surface area contributed by atoms with Crippen LogP contribution in [0.25, 0.3) is 0 Å². The molecule has 1 aliphatic heterocycles. The summed E-state index contributed by atoms with van der Waals surface area (Å²) in [6.45, 7) is 0.641. The Hall–Kier alpha value is -1.75. The first-order valence-electron chi connectivity index (χ1n) is 6.03. The summed E-state index contributed by atoms with van der Waals surface area (Å²) in [6.07, 6.45) is 1.74. The Kier molecular flexibility index (Phi) is 3.72. The quantitative estimate of drug-likeness (QED) is 0.781. The summed E-state index contributed by atoms with van der Waals surface area (Å²) in [5.74, 6) is 0.310. The van der Waals surface area contributed by atoms with Crippen LogP contribution >= 0.6 is 0 Å². The van der Waals surface area contributed by atoms with Gasteiger partial charge in [-0.2, -0.15) is 0 Å². The van der Waals surface area contributed by atoms with Gasteiger partial charge in [0.25, 0.3) is 5.91 Å². The van der Waals surface area contributed by atoms with Gasteiger partial charge in [0.1, 0.15) is 11.3 Å². The van der Waals surface area contributed by atoms with Crippen LogP contribution in [0, 0.1) is 0 Å². The minimum Gasteiger partial charge on any atom is -0.496 e. The number of amides is 1. The molecule has 1 aromatic rings. The third-order valence-electron chi connectivity index (χ3n) is 3.34. The van der Waals surface area contributed by atoms with E-state index in [0.717, 1.165) is 12.8 Å². The lowest BCUT2D eigenvalue weighted by atomic mass is 10.1. The zero-order valence-corrected chi connectivity index (χ0v) is 10.4. The lowest BCUT2D eigenvalue weighted by Gasteiger charge is -2.24. The molecule has 5 nitrogen and oxygen atoms in total. The van der Waals surface area contributed by atoms with E-state index >= 15 is 0 Å². The van der Waals surface area contributed by atoms with Crippen LogP contribution in [0.2, 0.25) is 0 Å². The van der Waals surface area contributed by atoms with Crippen LogP contribution in [0.1, 0.15) is 23.2 Å². The second kappa shape index (κ2) is 5.27. The zero-order chi connectivity index (χ0) is 13.1. The Morgan fingerprint density at radius 3 is 3.06 bits per heavy atom. The Morgan fingerprint density at radius 1 is 1.61 bits per heavy atom. The first-order chi connectivity index (χ1) is 8.69. The standard InChI is InChI=1S/C13H18N2O3/c1-18-11-6-2-5-10(14)12(11)13(17)15-7-3-4-9(15)8-16/h2,5-6,9,16H,3-4,7-8,14H2,1H3/t9-/m0/s1. The molecule has 0 aromatic heterocycles. The number of carbonyl (C=O) groups excluding carboxylic acids is 1. The minimum absolute atomic E-state index is 0.0131. The number of carbonyl (C=O) groups is 1. The third-order valence-corrected chi connectivity index (χ3v) is 3.34. The van der Waals surface area contributed by atoms with Gasteiger partial charge in [-0.25, -0.2) is 0 Å². The van der Waals surface area contributed by atoms with Crippen molar-refractivity contribution in [3.63, 3.8) is 0 Å². The van der Waals surface area contributed by atoms with Crippen molar-refractivity contribution in [2.45, 2.75) is 18.9 Å². The van der Waals surface area contributed by atoms with Gasteiger partial charge < -0.3 is 20.5 Å². The molecule has 1 aliphatic rings. The van der Waals surface area contributed by atoms with Crippen LogP contribution in [-0.4, -0.2) is 42.2 Å². The predicted octanol–water partition coefficient (Wildman–Crippen LogP) is 0.874. The van der Waals surface area contributed by atoms with Crippen LogP contribution in [0.4, 0.5) is 5.69 Å². The summed E-state index contributed by atoms with van der Waals surface area (Å²) < 4.78 is 5.19. The molecule has 2 rings (SSSR count). The van der Waals surface area contributed by atoms with E-state index < -0.39 is 0 Å². The van der Waals surface area contributed by atoms with Crippen LogP contribution in [-0.2, 0) is 0 Å². The highest BCUT2D eigenvalue weighted by atomic mass is 16.5. The molecule has 0 bridgehead atoms. The lowest BCUT2D eigenvalue weighted by molar-refractivity contribution is 0.0675. The van der Waals surface area contributed by atoms with E-state index in [0.29, 0.717) is 23.5 Å². The first kappa shape index (κ1) is 12.7. The van der Waals surface area contributed by atoms with Gasteiger partial charge in [0, 0.05) is 12.2 Å². The molecule has 0 radical (unpaired) electrons. The van der Waals surface area contributed by atoms with Gasteiger partial charge in [-0.15, -0.1) is 0 Å². The van der Waals surface area contributed by atoms with Crippen LogP contribution < -0.4 is 10.5 Å². The Labute approximate surface area is 106 Å². The molecule has 1 saturated heterocycles. The number of methoxy groups -OCH3 is 1. The molecular formula is C13H18N2O3. The van der Waals surface area contributed by atoms with E-state index in [4.69, 9.17) is 10.5 Å². The number of nitrogens with two attached hydrogens (primary N) is 1. The number of aliphatic hydroxyl groups excluding tert-OH is 1. The number of anilines is 1. The average molecular weight is 250 g/mol. The Morgan fingerprint density at radius 2 is 2.39 bits per heavy atom. The lowest BCUT2D eigenvalue weighted by Crippen LogP contribution is -2.38. The first-order valence-corrected chi connectivity index (χ1v) is 6.03. The molecule has 18 heavy (non-hydrogen) atoms. The molecule has 5 heteroatoms. The second-order valence-corrected chi connectivity index (χ2v) is 4.40. The topological polar surface area (TPSA) is 75.8 Å². The number of ether oxygens (including phenoxy) is 1. The molecular weight excluding hydrogens is 232 g/mol. The highest BCUT2D eigenvalue weighted by Gasteiger charge is 2.31. The maximum atomic E-state index is 12.5. The summed E-state index contributed by atoms with van der Waals surface area (Å²) in [5, 5.41) is 9.27. The maximum absolute atomic E-state index is 12.5. The van der Waals surface area contributed by atoms with E-state index in [1.54, 1.807) is 23.1 Å². The van der Waals surface area contributed by atoms with Crippen molar-refractivity contribution >= 4 is 11.6 Å². The van der Waals surface area contributed by atoms with Gasteiger partial charge in [0.05, 0.1) is 19.8 Å². The summed E-state index contributed by atoms with van der Waals surface area (Å²) in [5.41, 5.74) is 6.66. The van der Waals surface area contributed by atoms with Gasteiger partial charge in [-0.3, -0.25) is 4.79 Å². The molecule has 0 saturated carbocycles. The van der Waals surface area contributed by atoms with Crippen molar-refractivity contribution in [1.29, 1.82) is 0 Å². The number of hydrogen-bond donors (Lipinski definition) is 2. The largest absolute Gasteiger partial charge is 0.496 e. The van der Waals surface area contributed by atoms with Crippen molar-refractivity contribution in [2.75, 3.05) is 26.0 Å². The van der Waals surface area contributed by atoms with Crippen molar-refractivity contribution < 1.29 is 14.6 Å². The monoisotopic (exact) mass is 250 g/mol. The number of likely N-dealkylation sites (tertiary alicyclic amines) is 1. The van der Waals surface area contributed by atoms with E-state index in [1.165, 1.54) is 7.11 Å². The SMILES string of the molecule is COc1cccc(N)c1C(=O)N1CCC[C@H]1CO. The fraction of sp³-hybridized carbons (Fsp3) is 0.462. The van der Waals surface area contributed by atoms with Gasteiger partial charge in [-0.05, 0) is 25.0 Å². The zero-order valence-electron chi connectivity index (χ0n) is 10.4. The van der Waals surface area contributed by atoms with Gasteiger partial charge in [0.2, 0.25) is 0 Å². The van der Waals surface area contributed by atoms with E-state index in [-0.39, 0.29) is 18.6 Å². The number of nitrogens with zero attached hydrogens (tertiary/aromatic N) is 1. The van der Waals surface area contributed by atoms with E-state index in [9.17, 15) is 9.90 Å². The van der Waals surface area contributed by atoms with Crippen molar-refractivity contribution in [1.82, 2.24) is 4.90 Å². The maximum Gasteiger partial charge on any atom is 0.260 e. The Bertz CT molecular complexity index is 448. The minimum atomic E-state index is -0.165. The summed E-state index contributed by atoms with van der Waals surface area (Å²) in [6, 6.07) is 5.04. The summed E-state index contributed by atoms with van der Waals surface area (Å²) >= 11 is 0. The molecule has 0 spiro atoms. The van der Waals surface area contributed by atoms with Crippen molar-refractivity contribution in [3.05, 3.63) is 23.8 Å². The third kappa shape index (κ3) is 2.13. The number of aliphatic hydroxyl groups is 1. The fourth-order valence-electron chi connectivity index (χ4n) is 2.38. The van der Waals surface area contributed by atoms with Crippen LogP contribution in [0.5, 0.6) is 5.75 Å². The normalized spacial score (nSPS) is 19.0. The molecule has 1 amide bonds. The van der Waals surface area contributed by atoms with E-state index in [1.807, 2.05) is 0 Å². The Balaban J connectivity index is 2.34. The number of hydrogen-bond acceptors (Lipinski definition) is 4. The van der Waals surface area contributed by atoms with Gasteiger partial charge >= 0.3 is 0 Å².